The van der Waals surface area contributed by atoms with Gasteiger partial charge in [-0.15, -0.1) is 0 Å². The first-order valence-corrected chi connectivity index (χ1v) is 4.91. The average Bonchev–Trinajstić information content (AvgIpc) is 2.32. The van der Waals surface area contributed by atoms with Crippen LogP contribution in [0.5, 0.6) is 0 Å². The standard InChI is InChI=1S/C9H18N2O2/c10-8(9(12)13)7-11-5-3-1-2-4-6-11/h8H,1-7,10H2,(H,12,13)/t8-/m1/s1. The zero-order chi connectivity index (χ0) is 9.68. The molecule has 4 nitrogen and oxygen atoms in total. The van der Waals surface area contributed by atoms with E-state index in [0.29, 0.717) is 6.54 Å². The van der Waals surface area contributed by atoms with Crippen molar-refractivity contribution in [1.29, 1.82) is 0 Å². The maximum absolute atomic E-state index is 10.5. The molecule has 1 saturated heterocycles. The van der Waals surface area contributed by atoms with Gasteiger partial charge in [0.05, 0.1) is 0 Å². The molecule has 3 N–H and O–H groups in total. The second-order valence-electron chi connectivity index (χ2n) is 3.66. The fraction of sp³-hybridized carbons (Fsp3) is 0.889. The van der Waals surface area contributed by atoms with Gasteiger partial charge in [0, 0.05) is 6.54 Å². The summed E-state index contributed by atoms with van der Waals surface area (Å²) < 4.78 is 0. The number of nitrogens with zero attached hydrogens (tertiary/aromatic N) is 1. The van der Waals surface area contributed by atoms with Crippen LogP contribution in [0.15, 0.2) is 0 Å². The SMILES string of the molecule is N[C@H](CN1CCCCCC1)C(=O)O. The summed E-state index contributed by atoms with van der Waals surface area (Å²) >= 11 is 0. The molecule has 0 spiro atoms. The Morgan fingerprint density at radius 1 is 1.31 bits per heavy atom. The van der Waals surface area contributed by atoms with Gasteiger partial charge in [-0.05, 0) is 25.9 Å². The molecule has 76 valence electrons. The third-order valence-electron chi connectivity index (χ3n) is 2.47. The molecule has 4 heteroatoms. The molecule has 0 aromatic heterocycles. The second-order valence-corrected chi connectivity index (χ2v) is 3.66. The smallest absolute Gasteiger partial charge is 0.321 e. The molecule has 0 aromatic rings. The van der Waals surface area contributed by atoms with Crippen LogP contribution in [0.4, 0.5) is 0 Å². The van der Waals surface area contributed by atoms with Gasteiger partial charge in [-0.25, -0.2) is 0 Å². The van der Waals surface area contributed by atoms with E-state index in [1.807, 2.05) is 0 Å². The number of aliphatic carboxylic acids is 1. The highest BCUT2D eigenvalue weighted by molar-refractivity contribution is 5.73. The summed E-state index contributed by atoms with van der Waals surface area (Å²) in [5, 5.41) is 8.63. The molecule has 0 aliphatic carbocycles. The number of rotatable bonds is 3. The topological polar surface area (TPSA) is 66.6 Å². The summed E-state index contributed by atoms with van der Waals surface area (Å²) in [6.07, 6.45) is 4.87. The van der Waals surface area contributed by atoms with E-state index in [2.05, 4.69) is 4.90 Å². The predicted octanol–water partition coefficient (Wildman–Crippen LogP) is 0.274. The lowest BCUT2D eigenvalue weighted by atomic mass is 10.2. The molecule has 1 aliphatic heterocycles. The van der Waals surface area contributed by atoms with Crippen molar-refractivity contribution in [3.8, 4) is 0 Å². The van der Waals surface area contributed by atoms with Crippen LogP contribution in [0, 0.1) is 0 Å². The lowest BCUT2D eigenvalue weighted by Gasteiger charge is -2.21. The fourth-order valence-electron chi connectivity index (χ4n) is 1.68. The molecule has 1 atom stereocenters. The Balaban J connectivity index is 2.29. The van der Waals surface area contributed by atoms with Crippen LogP contribution < -0.4 is 5.73 Å². The van der Waals surface area contributed by atoms with Crippen LogP contribution in [0.1, 0.15) is 25.7 Å². The van der Waals surface area contributed by atoms with Gasteiger partial charge in [0.1, 0.15) is 6.04 Å². The maximum Gasteiger partial charge on any atom is 0.321 e. The third-order valence-corrected chi connectivity index (χ3v) is 2.47. The Kier molecular flexibility index (Phi) is 4.18. The highest BCUT2D eigenvalue weighted by Gasteiger charge is 2.17. The molecule has 0 amide bonds. The molecule has 0 unspecified atom stereocenters. The zero-order valence-electron chi connectivity index (χ0n) is 7.91. The van der Waals surface area contributed by atoms with Gasteiger partial charge in [-0.2, -0.15) is 0 Å². The summed E-state index contributed by atoms with van der Waals surface area (Å²) in [5.41, 5.74) is 5.46. The van der Waals surface area contributed by atoms with Crippen LogP contribution in [-0.4, -0.2) is 41.7 Å². The van der Waals surface area contributed by atoms with E-state index >= 15 is 0 Å². The molecule has 0 aromatic carbocycles. The molecule has 1 heterocycles. The molecular weight excluding hydrogens is 168 g/mol. The predicted molar refractivity (Wildman–Crippen MR) is 50.5 cm³/mol. The van der Waals surface area contributed by atoms with Gasteiger partial charge in [0.25, 0.3) is 0 Å². The van der Waals surface area contributed by atoms with Crippen molar-refractivity contribution in [2.24, 2.45) is 5.73 Å². The number of hydrogen-bond donors (Lipinski definition) is 2. The van der Waals surface area contributed by atoms with Crippen LogP contribution in [0.25, 0.3) is 0 Å². The van der Waals surface area contributed by atoms with Crippen molar-refractivity contribution in [2.45, 2.75) is 31.7 Å². The van der Waals surface area contributed by atoms with Crippen LogP contribution in [-0.2, 0) is 4.79 Å². The van der Waals surface area contributed by atoms with E-state index in [-0.39, 0.29) is 0 Å². The molecule has 1 fully saturated rings. The number of carboxylic acid groups (broad SMARTS) is 1. The van der Waals surface area contributed by atoms with Crippen LogP contribution in [0.2, 0.25) is 0 Å². The van der Waals surface area contributed by atoms with Gasteiger partial charge in [-0.3, -0.25) is 4.79 Å². The Hall–Kier alpha value is -0.610. The first-order chi connectivity index (χ1) is 6.20. The van der Waals surface area contributed by atoms with Gasteiger partial charge < -0.3 is 15.7 Å². The van der Waals surface area contributed by atoms with E-state index in [4.69, 9.17) is 10.8 Å². The van der Waals surface area contributed by atoms with E-state index < -0.39 is 12.0 Å². The lowest BCUT2D eigenvalue weighted by molar-refractivity contribution is -0.139. The summed E-state index contributed by atoms with van der Waals surface area (Å²) in [6, 6.07) is -0.724. The highest BCUT2D eigenvalue weighted by Crippen LogP contribution is 2.09. The van der Waals surface area contributed by atoms with Crippen molar-refractivity contribution in [3.63, 3.8) is 0 Å². The van der Waals surface area contributed by atoms with Gasteiger partial charge >= 0.3 is 5.97 Å². The number of carbonyl (C=O) groups is 1. The number of likely N-dealkylation sites (tertiary alicyclic amines) is 1. The number of hydrogen-bond acceptors (Lipinski definition) is 3. The van der Waals surface area contributed by atoms with Crippen molar-refractivity contribution < 1.29 is 9.90 Å². The van der Waals surface area contributed by atoms with Gasteiger partial charge in [0.15, 0.2) is 0 Å². The zero-order valence-corrected chi connectivity index (χ0v) is 7.91. The van der Waals surface area contributed by atoms with Crippen molar-refractivity contribution in [3.05, 3.63) is 0 Å². The third kappa shape index (κ3) is 3.74. The monoisotopic (exact) mass is 186 g/mol. The molecule has 1 rings (SSSR count). The first-order valence-electron chi connectivity index (χ1n) is 4.91. The highest BCUT2D eigenvalue weighted by atomic mass is 16.4. The Labute approximate surface area is 78.7 Å². The number of carboxylic acids is 1. The van der Waals surface area contributed by atoms with E-state index in [0.717, 1.165) is 13.1 Å². The summed E-state index contributed by atoms with van der Waals surface area (Å²) in [4.78, 5) is 12.7. The molecule has 0 radical (unpaired) electrons. The van der Waals surface area contributed by atoms with Gasteiger partial charge in [0.2, 0.25) is 0 Å². The van der Waals surface area contributed by atoms with Crippen molar-refractivity contribution in [1.82, 2.24) is 4.90 Å². The molecule has 1 aliphatic rings. The lowest BCUT2D eigenvalue weighted by Crippen LogP contribution is -2.43. The second kappa shape index (κ2) is 5.19. The normalized spacial score (nSPS) is 22.2. The Morgan fingerprint density at radius 3 is 2.31 bits per heavy atom. The summed E-state index contributed by atoms with van der Waals surface area (Å²) in [5.74, 6) is -0.899. The fourth-order valence-corrected chi connectivity index (χ4v) is 1.68. The average molecular weight is 186 g/mol. The summed E-state index contributed by atoms with van der Waals surface area (Å²) in [6.45, 7) is 2.50. The number of nitrogens with two attached hydrogens (primary N) is 1. The van der Waals surface area contributed by atoms with E-state index in [9.17, 15) is 4.79 Å². The largest absolute Gasteiger partial charge is 0.480 e. The first kappa shape index (κ1) is 10.5. The minimum Gasteiger partial charge on any atom is -0.480 e. The Bertz CT molecular complexity index is 165. The van der Waals surface area contributed by atoms with Crippen molar-refractivity contribution in [2.75, 3.05) is 19.6 Å². The summed E-state index contributed by atoms with van der Waals surface area (Å²) in [7, 11) is 0. The molecule has 0 bridgehead atoms. The molecular formula is C9H18N2O2. The minimum atomic E-state index is -0.899. The maximum atomic E-state index is 10.5. The molecule has 0 saturated carbocycles. The molecule has 13 heavy (non-hydrogen) atoms. The van der Waals surface area contributed by atoms with Crippen LogP contribution >= 0.6 is 0 Å². The van der Waals surface area contributed by atoms with E-state index in [1.54, 1.807) is 0 Å². The minimum absolute atomic E-state index is 0.495. The van der Waals surface area contributed by atoms with Crippen molar-refractivity contribution >= 4 is 5.97 Å². The van der Waals surface area contributed by atoms with E-state index in [1.165, 1.54) is 25.7 Å². The Morgan fingerprint density at radius 2 is 1.85 bits per heavy atom. The van der Waals surface area contributed by atoms with Gasteiger partial charge in [-0.1, -0.05) is 12.8 Å². The quantitative estimate of drug-likeness (QED) is 0.664. The van der Waals surface area contributed by atoms with Crippen LogP contribution in [0.3, 0.4) is 0 Å².